The Hall–Kier alpha value is -2.44. The molecule has 3 rings (SSSR count). The number of benzene rings is 1. The van der Waals surface area contributed by atoms with E-state index in [1.165, 1.54) is 0 Å². The van der Waals surface area contributed by atoms with E-state index in [4.69, 9.17) is 15.5 Å². The lowest BCUT2D eigenvalue weighted by molar-refractivity contribution is 0.138. The van der Waals surface area contributed by atoms with Crippen molar-refractivity contribution in [2.24, 2.45) is 4.99 Å². The number of halogens is 1. The maximum atomic E-state index is 5.91. The quantitative estimate of drug-likeness (QED) is 0.436. The monoisotopic (exact) mass is 514 g/mol. The van der Waals surface area contributed by atoms with Gasteiger partial charge in [0.05, 0.1) is 34.9 Å². The molecule has 1 aliphatic heterocycles. The number of aliphatic imine (C=N–C) groups is 1. The molecule has 2 heterocycles. The maximum absolute atomic E-state index is 5.91. The third-order valence-corrected chi connectivity index (χ3v) is 5.77. The molecule has 0 bridgehead atoms. The van der Waals surface area contributed by atoms with E-state index >= 15 is 0 Å². The Labute approximate surface area is 208 Å². The predicted octanol–water partition coefficient (Wildman–Crippen LogP) is 6.90. The van der Waals surface area contributed by atoms with Crippen molar-refractivity contribution in [2.75, 3.05) is 26.0 Å². The van der Waals surface area contributed by atoms with Crippen molar-refractivity contribution in [1.29, 1.82) is 0 Å². The molecular weight excluding hydrogens is 476 g/mol. The second-order valence-corrected chi connectivity index (χ2v) is 8.20. The van der Waals surface area contributed by atoms with Crippen LogP contribution >= 0.6 is 15.9 Å². The summed E-state index contributed by atoms with van der Waals surface area (Å²) in [5.41, 5.74) is 10.7. The number of aromatic nitrogens is 1. The summed E-state index contributed by atoms with van der Waals surface area (Å²) in [5.74, 6) is 0.484. The molecule has 2 atom stereocenters. The first-order valence-electron chi connectivity index (χ1n) is 11.5. The van der Waals surface area contributed by atoms with Crippen LogP contribution in [0.1, 0.15) is 47.1 Å². The lowest BCUT2D eigenvalue weighted by atomic mass is 10.0. The van der Waals surface area contributed by atoms with Crippen LogP contribution in [-0.2, 0) is 4.74 Å². The van der Waals surface area contributed by atoms with Gasteiger partial charge in [-0.3, -0.25) is 4.99 Å². The van der Waals surface area contributed by atoms with Gasteiger partial charge in [0.1, 0.15) is 5.82 Å². The third kappa shape index (κ3) is 7.54. The van der Waals surface area contributed by atoms with Crippen LogP contribution < -0.4 is 5.73 Å². The van der Waals surface area contributed by atoms with Crippen LogP contribution in [-0.4, -0.2) is 47.9 Å². The van der Waals surface area contributed by atoms with Gasteiger partial charge >= 0.3 is 0 Å². The summed E-state index contributed by atoms with van der Waals surface area (Å²) in [6.45, 7) is 21.9. The van der Waals surface area contributed by atoms with Gasteiger partial charge in [0.15, 0.2) is 0 Å². The summed E-state index contributed by atoms with van der Waals surface area (Å²) in [7, 11) is 1.71. The minimum Gasteiger partial charge on any atom is -0.383 e. The molecule has 2 N–H and O–H groups in total. The Morgan fingerprint density at radius 3 is 2.48 bits per heavy atom. The molecule has 0 saturated heterocycles. The first kappa shape index (κ1) is 28.6. The Morgan fingerprint density at radius 2 is 1.88 bits per heavy atom. The highest BCUT2D eigenvalue weighted by atomic mass is 79.9. The van der Waals surface area contributed by atoms with Crippen LogP contribution in [0.4, 0.5) is 5.82 Å². The molecule has 1 aromatic heterocycles. The molecule has 0 fully saturated rings. The number of methoxy groups -OCH3 is 1. The molecule has 33 heavy (non-hydrogen) atoms. The first-order valence-corrected chi connectivity index (χ1v) is 12.3. The minimum atomic E-state index is 0.0948. The third-order valence-electron chi connectivity index (χ3n) is 5.13. The van der Waals surface area contributed by atoms with Gasteiger partial charge in [0.25, 0.3) is 0 Å². The molecular formula is C27H39BrN4O. The van der Waals surface area contributed by atoms with Crippen LogP contribution in [0.2, 0.25) is 0 Å². The fraction of sp³-hybridized carbons (Fsp3) is 0.407. The number of ether oxygens (including phenoxy) is 1. The van der Waals surface area contributed by atoms with E-state index in [2.05, 4.69) is 58.9 Å². The van der Waals surface area contributed by atoms with Crippen molar-refractivity contribution < 1.29 is 4.74 Å². The van der Waals surface area contributed by atoms with Gasteiger partial charge in [-0.25, -0.2) is 4.98 Å². The fourth-order valence-corrected chi connectivity index (χ4v) is 3.68. The second-order valence-electron chi connectivity index (χ2n) is 7.35. The number of hydrogen-bond acceptors (Lipinski definition) is 5. The van der Waals surface area contributed by atoms with Gasteiger partial charge in [-0.2, -0.15) is 0 Å². The largest absolute Gasteiger partial charge is 0.383 e. The average Bonchev–Trinajstić information content (AvgIpc) is 2.82. The number of anilines is 1. The van der Waals surface area contributed by atoms with E-state index in [0.717, 1.165) is 37.9 Å². The Kier molecular flexibility index (Phi) is 12.1. The van der Waals surface area contributed by atoms with Crippen molar-refractivity contribution in [3.63, 3.8) is 0 Å². The van der Waals surface area contributed by atoms with E-state index in [9.17, 15) is 0 Å². The van der Waals surface area contributed by atoms with Gasteiger partial charge in [-0.1, -0.05) is 53.0 Å². The number of pyridine rings is 1. The Bertz CT molecular complexity index is 1010. The van der Waals surface area contributed by atoms with Crippen molar-refractivity contribution in [3.05, 3.63) is 65.2 Å². The van der Waals surface area contributed by atoms with Gasteiger partial charge in [-0.15, -0.1) is 0 Å². The second kappa shape index (κ2) is 14.0. The fourth-order valence-electron chi connectivity index (χ4n) is 3.34. The maximum Gasteiger partial charge on any atom is 0.138 e. The predicted molar refractivity (Wildman–Crippen MR) is 149 cm³/mol. The molecule has 1 unspecified atom stereocenters. The van der Waals surface area contributed by atoms with E-state index in [1.807, 2.05) is 58.0 Å². The lowest BCUT2D eigenvalue weighted by Crippen LogP contribution is -2.38. The zero-order chi connectivity index (χ0) is 25.1. The number of hydrogen-bond donors (Lipinski definition) is 1. The first-order chi connectivity index (χ1) is 15.8. The topological polar surface area (TPSA) is 63.7 Å². The molecule has 180 valence electrons. The highest BCUT2D eigenvalue weighted by molar-refractivity contribution is 9.10. The number of nitrogens with zero attached hydrogens (tertiary/aromatic N) is 3. The number of nitrogens with two attached hydrogens (primary N) is 1. The van der Waals surface area contributed by atoms with E-state index in [1.54, 1.807) is 7.11 Å². The standard InChI is InChI=1S/C23H27BrN4O.2C2H6/c1-14-6-8-20(26-16(14)3)12-28(15(2)13-29-5)17(4)18-7-9-22-19(10-18)11-21(24)23(25)27-22;2*1-2/h6-11,15-16H,1,4,12-13H2,2-3,5H3,(H2,25,27);2*1-2H3/t15-,16?;;/m1../s1. The summed E-state index contributed by atoms with van der Waals surface area (Å²) in [4.78, 5) is 11.4. The number of fused-ring (bicyclic) bond motifs is 1. The molecule has 0 radical (unpaired) electrons. The average molecular weight is 516 g/mol. The zero-order valence-electron chi connectivity index (χ0n) is 21.2. The van der Waals surface area contributed by atoms with Crippen molar-refractivity contribution in [1.82, 2.24) is 9.88 Å². The van der Waals surface area contributed by atoms with E-state index in [-0.39, 0.29) is 12.1 Å². The number of dihydropyridines is 1. The van der Waals surface area contributed by atoms with E-state index in [0.29, 0.717) is 19.0 Å². The molecule has 0 aliphatic carbocycles. The summed E-state index contributed by atoms with van der Waals surface area (Å²) in [5, 5.41) is 1.00. The van der Waals surface area contributed by atoms with Gasteiger partial charge in [-0.05, 0) is 65.2 Å². The molecule has 2 aromatic rings. The molecule has 5 nitrogen and oxygen atoms in total. The molecule has 6 heteroatoms. The number of nitrogen functional groups attached to an aromatic ring is 1. The highest BCUT2D eigenvalue weighted by Gasteiger charge is 2.20. The summed E-state index contributed by atoms with van der Waals surface area (Å²) >= 11 is 3.46. The van der Waals surface area contributed by atoms with Gasteiger partial charge in [0, 0.05) is 24.2 Å². The molecule has 0 amide bonds. The lowest BCUT2D eigenvalue weighted by Gasteiger charge is -2.33. The molecule has 1 aromatic carbocycles. The normalized spacial score (nSPS) is 15.6. The van der Waals surface area contributed by atoms with Crippen LogP contribution in [0.5, 0.6) is 0 Å². The summed E-state index contributed by atoms with van der Waals surface area (Å²) in [6.07, 6.45) is 4.07. The van der Waals surface area contributed by atoms with Crippen molar-refractivity contribution in [2.45, 2.75) is 53.6 Å². The van der Waals surface area contributed by atoms with Crippen molar-refractivity contribution >= 4 is 44.1 Å². The molecule has 1 aliphatic rings. The van der Waals surface area contributed by atoms with Crippen LogP contribution in [0.3, 0.4) is 0 Å². The zero-order valence-corrected chi connectivity index (χ0v) is 22.7. The summed E-state index contributed by atoms with van der Waals surface area (Å²) < 4.78 is 6.20. The SMILES string of the molecule is C=C1C=CC(CN(C(=C)c2ccc3nc(N)c(Br)cc3c2)[C@H](C)COC)=NC1C.CC.CC. The number of rotatable bonds is 7. The van der Waals surface area contributed by atoms with Crippen LogP contribution in [0.25, 0.3) is 16.6 Å². The van der Waals surface area contributed by atoms with Gasteiger partial charge in [0.2, 0.25) is 0 Å². The van der Waals surface area contributed by atoms with Crippen LogP contribution in [0.15, 0.2) is 64.6 Å². The Morgan fingerprint density at radius 1 is 1.21 bits per heavy atom. The summed E-state index contributed by atoms with van der Waals surface area (Å²) in [6, 6.07) is 8.30. The minimum absolute atomic E-state index is 0.0948. The van der Waals surface area contributed by atoms with Crippen molar-refractivity contribution in [3.8, 4) is 0 Å². The molecule has 0 spiro atoms. The smallest absolute Gasteiger partial charge is 0.138 e. The van der Waals surface area contributed by atoms with Crippen LogP contribution in [0, 0.1) is 0 Å². The van der Waals surface area contributed by atoms with E-state index < -0.39 is 0 Å². The van der Waals surface area contributed by atoms with Gasteiger partial charge < -0.3 is 15.4 Å². The molecule has 0 saturated carbocycles. The highest BCUT2D eigenvalue weighted by Crippen LogP contribution is 2.28. The Balaban J connectivity index is 0.00000129.